The van der Waals surface area contributed by atoms with Gasteiger partial charge in [0.2, 0.25) is 0 Å². The van der Waals surface area contributed by atoms with Gasteiger partial charge in [0.15, 0.2) is 23.4 Å². The van der Waals surface area contributed by atoms with Crippen LogP contribution in [0.5, 0.6) is 11.5 Å². The molecule has 37 heavy (non-hydrogen) atoms. The number of piperidine rings is 1. The Hall–Kier alpha value is -2.90. The maximum Gasteiger partial charge on any atom is 0.166 e. The number of Topliss-reactive ketones (excluding diaryl/α,β-unsaturated/α-hetero) is 1. The monoisotopic (exact) mass is 500 g/mol. The summed E-state index contributed by atoms with van der Waals surface area (Å²) in [6.07, 6.45) is 4.47. The number of aryl methyl sites for hydroxylation is 1. The fraction of sp³-hybridized carbons (Fsp3) is 0.500. The number of hydrogen-bond acceptors (Lipinski definition) is 5. The molecule has 1 saturated heterocycles. The molecule has 1 aromatic heterocycles. The molecule has 4 heterocycles. The van der Waals surface area contributed by atoms with E-state index in [1.54, 1.807) is 13.2 Å². The molecule has 6 aliphatic rings. The first-order valence-electron chi connectivity index (χ1n) is 13.7. The molecule has 3 aliphatic heterocycles. The molecule has 1 N–H and O–H groups in total. The van der Waals surface area contributed by atoms with Crippen LogP contribution in [0.4, 0.5) is 4.39 Å². The van der Waals surface area contributed by atoms with Gasteiger partial charge < -0.3 is 19.1 Å². The number of benzene rings is 2. The molecule has 6 nitrogen and oxygen atoms in total. The number of ether oxygens (including phenoxy) is 2. The highest BCUT2D eigenvalue weighted by Gasteiger charge is 2.73. The molecule has 1 saturated carbocycles. The number of fused-ring (bicyclic) bond motifs is 4. The molecule has 190 valence electrons. The van der Waals surface area contributed by atoms with Crippen LogP contribution >= 0.6 is 0 Å². The lowest BCUT2D eigenvalue weighted by atomic mass is 9.49. The Labute approximate surface area is 214 Å². The van der Waals surface area contributed by atoms with Crippen LogP contribution in [0.15, 0.2) is 24.3 Å². The molecule has 3 aromatic rings. The maximum atomic E-state index is 14.9. The Morgan fingerprint density at radius 3 is 2.92 bits per heavy atom. The van der Waals surface area contributed by atoms with E-state index in [0.29, 0.717) is 30.7 Å². The Balaban J connectivity index is 1.37. The lowest BCUT2D eigenvalue weighted by molar-refractivity contribution is -0.173. The number of aliphatic hydroxyl groups is 1. The van der Waals surface area contributed by atoms with Crippen LogP contribution in [0.25, 0.3) is 10.9 Å². The normalized spacial score (nSPS) is 32.8. The van der Waals surface area contributed by atoms with Gasteiger partial charge in [-0.1, -0.05) is 6.07 Å². The van der Waals surface area contributed by atoms with E-state index in [9.17, 15) is 14.3 Å². The van der Waals surface area contributed by atoms with E-state index < -0.39 is 22.9 Å². The lowest BCUT2D eigenvalue weighted by Gasteiger charge is -2.63. The Morgan fingerprint density at radius 2 is 2.11 bits per heavy atom. The highest BCUT2D eigenvalue weighted by atomic mass is 19.1. The third-order valence-corrected chi connectivity index (χ3v) is 10.5. The lowest BCUT2D eigenvalue weighted by Crippen LogP contribution is -2.74. The summed E-state index contributed by atoms with van der Waals surface area (Å²) in [4.78, 5) is 15.4. The summed E-state index contributed by atoms with van der Waals surface area (Å²) in [5, 5.41) is 13.8. The zero-order valence-corrected chi connectivity index (χ0v) is 20.8. The van der Waals surface area contributed by atoms with Crippen LogP contribution in [0.3, 0.4) is 0 Å². The second kappa shape index (κ2) is 6.56. The Bertz CT molecular complexity index is 1570. The van der Waals surface area contributed by atoms with Crippen molar-refractivity contribution in [1.82, 2.24) is 9.47 Å². The number of carbonyl (C=O) groups is 1. The van der Waals surface area contributed by atoms with Gasteiger partial charge in [-0.05, 0) is 67.5 Å². The Kier molecular flexibility index (Phi) is 3.74. The number of aromatic nitrogens is 1. The molecule has 9 rings (SSSR count). The fourth-order valence-corrected chi connectivity index (χ4v) is 8.89. The number of hydrogen-bond donors (Lipinski definition) is 1. The summed E-state index contributed by atoms with van der Waals surface area (Å²) in [6.45, 7) is 2.50. The zero-order valence-electron chi connectivity index (χ0n) is 20.8. The molecule has 4 atom stereocenters. The van der Waals surface area contributed by atoms with E-state index in [1.165, 1.54) is 24.5 Å². The topological polar surface area (TPSA) is 63.9 Å². The third-order valence-electron chi connectivity index (χ3n) is 10.5. The van der Waals surface area contributed by atoms with Crippen molar-refractivity contribution in [2.75, 3.05) is 20.2 Å². The summed E-state index contributed by atoms with van der Waals surface area (Å²) in [7, 11) is 1.67. The van der Waals surface area contributed by atoms with Crippen molar-refractivity contribution < 1.29 is 23.8 Å². The largest absolute Gasteiger partial charge is 0.493 e. The highest BCUT2D eigenvalue weighted by molar-refractivity contribution is 6.09. The molecule has 1 spiro atoms. The Morgan fingerprint density at radius 1 is 1.24 bits per heavy atom. The molecule has 2 fully saturated rings. The zero-order chi connectivity index (χ0) is 24.8. The van der Waals surface area contributed by atoms with Crippen molar-refractivity contribution in [1.29, 1.82) is 0 Å². The second-order valence-electron chi connectivity index (χ2n) is 12.1. The van der Waals surface area contributed by atoms with Crippen LogP contribution < -0.4 is 9.47 Å². The molecule has 3 aliphatic carbocycles. The van der Waals surface area contributed by atoms with E-state index in [-0.39, 0.29) is 11.8 Å². The molecule has 2 bridgehead atoms. The van der Waals surface area contributed by atoms with Crippen LogP contribution in [0, 0.1) is 11.7 Å². The minimum atomic E-state index is -1.06. The van der Waals surface area contributed by atoms with E-state index in [1.807, 2.05) is 6.07 Å². The van der Waals surface area contributed by atoms with E-state index >= 15 is 0 Å². The number of likely N-dealkylation sites (tertiary alicyclic amines) is 1. The smallest absolute Gasteiger partial charge is 0.166 e. The maximum absolute atomic E-state index is 14.9. The minimum absolute atomic E-state index is 0.0185. The first-order valence-corrected chi connectivity index (χ1v) is 13.7. The van der Waals surface area contributed by atoms with E-state index in [0.717, 1.165) is 65.3 Å². The van der Waals surface area contributed by atoms with Gasteiger partial charge in [-0.2, -0.15) is 0 Å². The van der Waals surface area contributed by atoms with E-state index in [2.05, 4.69) is 15.5 Å². The first-order chi connectivity index (χ1) is 17.9. The number of methoxy groups -OCH3 is 1. The SMILES string of the molecule is COc1ccc2c3c1O[C@@H]1c4c(c5cc(F)cc6c5n4CCC6=O)C[C@@]4(O)[C@H](C2)N(CC2CC2)CC[C@]314. The summed E-state index contributed by atoms with van der Waals surface area (Å²) in [5.41, 5.74) is 3.91. The quantitative estimate of drug-likeness (QED) is 0.588. The third kappa shape index (κ3) is 2.30. The van der Waals surface area contributed by atoms with Crippen molar-refractivity contribution >= 4 is 16.7 Å². The summed E-state index contributed by atoms with van der Waals surface area (Å²) < 4.78 is 29.8. The average Bonchev–Trinajstić information content (AvgIpc) is 3.55. The molecule has 7 heteroatoms. The summed E-state index contributed by atoms with van der Waals surface area (Å²) >= 11 is 0. The molecule has 2 aromatic carbocycles. The van der Waals surface area contributed by atoms with Gasteiger partial charge in [-0.25, -0.2) is 4.39 Å². The van der Waals surface area contributed by atoms with Gasteiger partial charge in [0, 0.05) is 48.5 Å². The van der Waals surface area contributed by atoms with Gasteiger partial charge in [0.05, 0.1) is 29.3 Å². The predicted molar refractivity (Wildman–Crippen MR) is 134 cm³/mol. The highest BCUT2D eigenvalue weighted by Crippen LogP contribution is 2.69. The number of rotatable bonds is 3. The van der Waals surface area contributed by atoms with E-state index in [4.69, 9.17) is 9.47 Å². The first kappa shape index (κ1) is 21.1. The van der Waals surface area contributed by atoms with Crippen molar-refractivity contribution in [3.63, 3.8) is 0 Å². The second-order valence-corrected chi connectivity index (χ2v) is 12.1. The van der Waals surface area contributed by atoms with Gasteiger partial charge in [0.25, 0.3) is 0 Å². The number of carbonyl (C=O) groups excluding carboxylic acids is 1. The van der Waals surface area contributed by atoms with Gasteiger partial charge >= 0.3 is 0 Å². The molecule has 0 amide bonds. The summed E-state index contributed by atoms with van der Waals surface area (Å²) in [6, 6.07) is 7.07. The van der Waals surface area contributed by atoms with Crippen molar-refractivity contribution in [3.8, 4) is 11.5 Å². The molecular weight excluding hydrogens is 471 g/mol. The van der Waals surface area contributed by atoms with Gasteiger partial charge in [0.1, 0.15) is 5.82 Å². The fourth-order valence-electron chi connectivity index (χ4n) is 8.89. The predicted octanol–water partition coefficient (Wildman–Crippen LogP) is 4.07. The molecule has 0 unspecified atom stereocenters. The van der Waals surface area contributed by atoms with Crippen LogP contribution in [-0.4, -0.2) is 52.2 Å². The minimum Gasteiger partial charge on any atom is -0.493 e. The van der Waals surface area contributed by atoms with Crippen LogP contribution in [0.2, 0.25) is 0 Å². The standard InChI is InChI=1S/C30H29FN2O4/c1-36-22-5-4-16-10-23-30(35)13-20-18-11-17(31)12-19-21(34)6-8-33(25(18)19)26(20)28-29(30,24(16)27(22)37-28)7-9-32(23)14-15-2-3-15/h4-5,11-12,15,23,28,35H,2-3,6-10,13-14H2,1H3/t23-,28+,29-,30+/m0/s1. The van der Waals surface area contributed by atoms with Crippen LogP contribution in [-0.2, 0) is 24.8 Å². The van der Waals surface area contributed by atoms with Gasteiger partial charge in [-0.3, -0.25) is 9.69 Å². The number of halogens is 1. The summed E-state index contributed by atoms with van der Waals surface area (Å²) in [5.74, 6) is 1.75. The molecule has 0 radical (unpaired) electrons. The number of nitrogens with zero attached hydrogens (tertiary/aromatic N) is 2. The number of ketones is 1. The van der Waals surface area contributed by atoms with Crippen molar-refractivity contribution in [2.24, 2.45) is 5.92 Å². The average molecular weight is 501 g/mol. The van der Waals surface area contributed by atoms with Crippen LogP contribution in [0.1, 0.15) is 64.5 Å². The van der Waals surface area contributed by atoms with Crippen molar-refractivity contribution in [2.45, 2.75) is 68.2 Å². The molecular formula is C30H29FN2O4. The van der Waals surface area contributed by atoms with Gasteiger partial charge in [-0.15, -0.1) is 0 Å². The van der Waals surface area contributed by atoms with Crippen molar-refractivity contribution in [3.05, 3.63) is 58.0 Å².